The molecule has 1 fully saturated rings. The van der Waals surface area contributed by atoms with Crippen molar-refractivity contribution in [2.45, 2.75) is 51.7 Å². The Labute approximate surface area is 163 Å². The zero-order chi connectivity index (χ0) is 19.2. The third kappa shape index (κ3) is 5.33. The topological polar surface area (TPSA) is 44.4 Å². The molecule has 2 aromatic rings. The van der Waals surface area contributed by atoms with Crippen molar-refractivity contribution in [1.82, 2.24) is 10.6 Å². The van der Waals surface area contributed by atoms with Crippen molar-refractivity contribution in [3.63, 3.8) is 0 Å². The van der Waals surface area contributed by atoms with Crippen LogP contribution in [0.5, 0.6) is 0 Å². The minimum absolute atomic E-state index is 0.00846. The Morgan fingerprint density at radius 3 is 2.19 bits per heavy atom. The smallest absolute Gasteiger partial charge is 0.251 e. The lowest BCUT2D eigenvalue weighted by Crippen LogP contribution is -2.44. The van der Waals surface area contributed by atoms with Gasteiger partial charge in [0, 0.05) is 36.4 Å². The van der Waals surface area contributed by atoms with E-state index in [-0.39, 0.29) is 11.9 Å². The third-order valence-corrected chi connectivity index (χ3v) is 5.21. The van der Waals surface area contributed by atoms with Gasteiger partial charge in [0.25, 0.3) is 5.91 Å². The number of piperidine rings is 1. The van der Waals surface area contributed by atoms with E-state index < -0.39 is 0 Å². The first-order chi connectivity index (χ1) is 13.0. The highest BCUT2D eigenvalue weighted by molar-refractivity contribution is 5.94. The fraction of sp³-hybridized carbons (Fsp3) is 0.435. The van der Waals surface area contributed by atoms with Crippen LogP contribution in [0.15, 0.2) is 54.6 Å². The van der Waals surface area contributed by atoms with Crippen molar-refractivity contribution >= 4 is 11.6 Å². The number of rotatable bonds is 6. The van der Waals surface area contributed by atoms with Crippen LogP contribution in [0.2, 0.25) is 0 Å². The lowest BCUT2D eigenvalue weighted by Gasteiger charge is -2.35. The predicted octanol–water partition coefficient (Wildman–Crippen LogP) is 4.14. The highest BCUT2D eigenvalue weighted by Crippen LogP contribution is 2.21. The largest absolute Gasteiger partial charge is 0.371 e. The van der Waals surface area contributed by atoms with Gasteiger partial charge in [-0.25, -0.2) is 0 Å². The van der Waals surface area contributed by atoms with Gasteiger partial charge >= 0.3 is 0 Å². The predicted molar refractivity (Wildman–Crippen MR) is 112 cm³/mol. The van der Waals surface area contributed by atoms with Crippen molar-refractivity contribution in [2.75, 3.05) is 18.0 Å². The van der Waals surface area contributed by atoms with Gasteiger partial charge in [-0.2, -0.15) is 0 Å². The molecule has 0 saturated carbocycles. The summed E-state index contributed by atoms with van der Waals surface area (Å²) in [6, 6.07) is 19.2. The Balaban J connectivity index is 1.55. The molecule has 1 atom stereocenters. The maximum atomic E-state index is 12.5. The summed E-state index contributed by atoms with van der Waals surface area (Å²) in [6.07, 6.45) is 2.32. The Morgan fingerprint density at radius 2 is 1.59 bits per heavy atom. The van der Waals surface area contributed by atoms with E-state index in [2.05, 4.69) is 41.5 Å². The maximum Gasteiger partial charge on any atom is 0.251 e. The first-order valence-electron chi connectivity index (χ1n) is 10.00. The fourth-order valence-electron chi connectivity index (χ4n) is 3.70. The summed E-state index contributed by atoms with van der Waals surface area (Å²) in [6.45, 7) is 8.53. The number of carbonyl (C=O) groups is 1. The van der Waals surface area contributed by atoms with Crippen molar-refractivity contribution in [2.24, 2.45) is 0 Å². The van der Waals surface area contributed by atoms with Gasteiger partial charge in [0.2, 0.25) is 0 Å². The van der Waals surface area contributed by atoms with Crippen molar-refractivity contribution in [3.05, 3.63) is 65.7 Å². The van der Waals surface area contributed by atoms with Gasteiger partial charge in [0.1, 0.15) is 0 Å². The number of anilines is 1. The quantitative estimate of drug-likeness (QED) is 0.808. The molecule has 1 saturated heterocycles. The Morgan fingerprint density at radius 1 is 0.963 bits per heavy atom. The van der Waals surface area contributed by atoms with E-state index in [1.807, 2.05) is 49.4 Å². The second kappa shape index (κ2) is 9.05. The average Bonchev–Trinajstić information content (AvgIpc) is 2.69. The summed E-state index contributed by atoms with van der Waals surface area (Å²) in [5.74, 6) is -0.0299. The van der Waals surface area contributed by atoms with Gasteiger partial charge in [0.15, 0.2) is 0 Å². The van der Waals surface area contributed by atoms with Gasteiger partial charge < -0.3 is 15.5 Å². The third-order valence-electron chi connectivity index (χ3n) is 5.21. The van der Waals surface area contributed by atoms with Crippen molar-refractivity contribution < 1.29 is 4.79 Å². The first-order valence-corrected chi connectivity index (χ1v) is 10.00. The molecule has 27 heavy (non-hydrogen) atoms. The molecule has 1 aliphatic rings. The molecular weight excluding hydrogens is 334 g/mol. The van der Waals surface area contributed by atoms with Crippen LogP contribution in [0.25, 0.3) is 0 Å². The van der Waals surface area contributed by atoms with E-state index in [1.54, 1.807) is 0 Å². The summed E-state index contributed by atoms with van der Waals surface area (Å²) in [4.78, 5) is 14.9. The molecule has 0 radical (unpaired) electrons. The van der Waals surface area contributed by atoms with Gasteiger partial charge in [-0.05, 0) is 49.6 Å². The average molecular weight is 366 g/mol. The van der Waals surface area contributed by atoms with Gasteiger partial charge in [-0.3, -0.25) is 4.79 Å². The molecule has 4 heteroatoms. The normalized spacial score (nSPS) is 16.4. The maximum absolute atomic E-state index is 12.5. The molecule has 144 valence electrons. The van der Waals surface area contributed by atoms with Crippen molar-refractivity contribution in [3.8, 4) is 0 Å². The monoisotopic (exact) mass is 365 g/mol. The minimum atomic E-state index is -0.0299. The number of amides is 1. The Hall–Kier alpha value is -2.33. The van der Waals surface area contributed by atoms with Crippen LogP contribution in [-0.2, 0) is 0 Å². The van der Waals surface area contributed by atoms with Gasteiger partial charge in [-0.15, -0.1) is 0 Å². The van der Waals surface area contributed by atoms with E-state index in [9.17, 15) is 4.79 Å². The number of hydrogen-bond acceptors (Lipinski definition) is 3. The van der Waals surface area contributed by atoms with Crippen LogP contribution >= 0.6 is 0 Å². The van der Waals surface area contributed by atoms with Crippen LogP contribution in [0.3, 0.4) is 0 Å². The van der Waals surface area contributed by atoms with E-state index in [0.717, 1.165) is 31.5 Å². The molecule has 0 aliphatic carbocycles. The Kier molecular flexibility index (Phi) is 6.51. The van der Waals surface area contributed by atoms with Crippen LogP contribution in [0, 0.1) is 0 Å². The zero-order valence-corrected chi connectivity index (χ0v) is 16.6. The van der Waals surface area contributed by atoms with E-state index in [1.165, 1.54) is 5.69 Å². The number of carbonyl (C=O) groups excluding carboxylic acids is 1. The first kappa shape index (κ1) is 19.4. The lowest BCUT2D eigenvalue weighted by molar-refractivity contribution is 0.0940. The molecule has 1 aliphatic heterocycles. The molecule has 0 spiro atoms. The molecular formula is C23H31N3O. The second-order valence-corrected chi connectivity index (χ2v) is 7.74. The fourth-order valence-corrected chi connectivity index (χ4v) is 3.70. The van der Waals surface area contributed by atoms with Gasteiger partial charge in [0.05, 0.1) is 6.04 Å². The van der Waals surface area contributed by atoms with Crippen LogP contribution < -0.4 is 15.5 Å². The van der Waals surface area contributed by atoms with E-state index >= 15 is 0 Å². The van der Waals surface area contributed by atoms with Crippen LogP contribution in [-0.4, -0.2) is 31.1 Å². The molecule has 2 aromatic carbocycles. The van der Waals surface area contributed by atoms with Crippen LogP contribution in [0.1, 0.15) is 55.6 Å². The molecule has 2 N–H and O–H groups in total. The summed E-state index contributed by atoms with van der Waals surface area (Å²) in [7, 11) is 0. The zero-order valence-electron chi connectivity index (χ0n) is 16.6. The van der Waals surface area contributed by atoms with E-state index in [0.29, 0.717) is 17.6 Å². The highest BCUT2D eigenvalue weighted by Gasteiger charge is 2.20. The number of hydrogen-bond donors (Lipinski definition) is 2. The SMILES string of the molecule is CC(C)NC1CCN(c2ccc(C(=O)NC(C)c3ccccc3)cc2)CC1. The number of benzene rings is 2. The minimum Gasteiger partial charge on any atom is -0.371 e. The molecule has 1 heterocycles. The molecule has 4 nitrogen and oxygen atoms in total. The van der Waals surface area contributed by atoms with E-state index in [4.69, 9.17) is 0 Å². The summed E-state index contributed by atoms with van der Waals surface area (Å²) in [5, 5.41) is 6.70. The van der Waals surface area contributed by atoms with Gasteiger partial charge in [-0.1, -0.05) is 44.2 Å². The van der Waals surface area contributed by atoms with Crippen molar-refractivity contribution in [1.29, 1.82) is 0 Å². The molecule has 3 rings (SSSR count). The molecule has 1 amide bonds. The summed E-state index contributed by atoms with van der Waals surface area (Å²) < 4.78 is 0. The highest BCUT2D eigenvalue weighted by atomic mass is 16.1. The molecule has 1 unspecified atom stereocenters. The summed E-state index contributed by atoms with van der Waals surface area (Å²) >= 11 is 0. The molecule has 0 aromatic heterocycles. The molecule has 0 bridgehead atoms. The number of nitrogens with one attached hydrogen (secondary N) is 2. The second-order valence-electron chi connectivity index (χ2n) is 7.74. The summed E-state index contributed by atoms with van der Waals surface area (Å²) in [5.41, 5.74) is 3.02. The number of nitrogens with zero attached hydrogens (tertiary/aromatic N) is 1. The standard InChI is InChI=1S/C23H31N3O/c1-17(2)24-21-13-15-26(16-14-21)22-11-9-20(10-12-22)23(27)25-18(3)19-7-5-4-6-8-19/h4-12,17-18,21,24H,13-16H2,1-3H3,(H,25,27). The van der Waals surface area contributed by atoms with Crippen LogP contribution in [0.4, 0.5) is 5.69 Å². The Bertz CT molecular complexity index is 719. The lowest BCUT2D eigenvalue weighted by atomic mass is 10.0.